The van der Waals surface area contributed by atoms with Crippen molar-refractivity contribution in [3.05, 3.63) is 121 Å². The molecule has 0 aromatic carbocycles. The predicted molar refractivity (Wildman–Crippen MR) is 198 cm³/mol. The second kappa shape index (κ2) is 15.4. The Morgan fingerprint density at radius 2 is 1.07 bits per heavy atom. The third kappa shape index (κ3) is 8.33. The molecule has 0 unspecified atom stereocenters. The zero-order chi connectivity index (χ0) is 40.3. The molecule has 0 amide bonds. The van der Waals surface area contributed by atoms with Crippen LogP contribution < -0.4 is 20.3 Å². The molecule has 0 bridgehead atoms. The monoisotopic (exact) mass is 785 g/mol. The van der Waals surface area contributed by atoms with E-state index in [-0.39, 0.29) is 34.3 Å². The van der Waals surface area contributed by atoms with E-state index in [2.05, 4.69) is 50.5 Å². The van der Waals surface area contributed by atoms with Gasteiger partial charge in [0, 0.05) is 44.9 Å². The summed E-state index contributed by atoms with van der Waals surface area (Å²) < 4.78 is 88.9. The molecule has 8 aromatic rings. The average molecular weight is 786 g/mol. The second-order valence-electron chi connectivity index (χ2n) is 12.1. The zero-order valence-corrected chi connectivity index (χ0v) is 30.0. The summed E-state index contributed by atoms with van der Waals surface area (Å²) in [7, 11) is 5.25. The summed E-state index contributed by atoms with van der Waals surface area (Å²) in [5.41, 5.74) is -0.933. The predicted octanol–water partition coefficient (Wildman–Crippen LogP) is 7.97. The number of nitrogens with zero attached hydrogens (tertiary/aromatic N) is 11. The smallest absolute Gasteiger partial charge is 0.435 e. The number of ether oxygens (including phenoxy) is 1. The average Bonchev–Trinajstić information content (AvgIpc) is 3.80. The fourth-order valence-electron chi connectivity index (χ4n) is 5.49. The lowest BCUT2D eigenvalue weighted by Crippen LogP contribution is -2.10. The van der Waals surface area contributed by atoms with E-state index in [0.29, 0.717) is 28.9 Å². The van der Waals surface area contributed by atoms with E-state index < -0.39 is 23.7 Å². The molecule has 0 atom stereocenters. The van der Waals surface area contributed by atoms with Crippen molar-refractivity contribution < 1.29 is 31.1 Å². The van der Waals surface area contributed by atoms with Crippen LogP contribution in [0.4, 0.5) is 55.2 Å². The molecule has 14 nitrogen and oxygen atoms in total. The minimum Gasteiger partial charge on any atom is -0.481 e. The van der Waals surface area contributed by atoms with Gasteiger partial charge in [0.25, 0.3) is 0 Å². The van der Waals surface area contributed by atoms with Crippen LogP contribution in [-0.4, -0.2) is 69.9 Å². The summed E-state index contributed by atoms with van der Waals surface area (Å²) in [6, 6.07) is 19.6. The standard InChI is InChI=1S/C19H16F3N7.C18H13F3N6O/c1-28(2)14-7-6-12(11-24-14)25-13-8-9-23-18(26-13)16-17(19(20,21)22)27-15-5-3-4-10-29(15)16;1-28-14-6-5-11(10-23-14)24-12-7-8-22-17(25-12)15-16(18(19,20)21)26-13-4-2-3-9-27(13)15/h3-11H,1-2H3,(H,23,25,26);2-10H,1H3,(H,22,24,25). The van der Waals surface area contributed by atoms with Crippen molar-refractivity contribution in [3.63, 3.8) is 0 Å². The van der Waals surface area contributed by atoms with Crippen molar-refractivity contribution >= 4 is 40.1 Å². The van der Waals surface area contributed by atoms with Gasteiger partial charge in [-0.1, -0.05) is 12.1 Å². The van der Waals surface area contributed by atoms with Crippen LogP contribution in [0.1, 0.15) is 11.4 Å². The number of rotatable bonds is 8. The van der Waals surface area contributed by atoms with Gasteiger partial charge in [-0.25, -0.2) is 39.9 Å². The van der Waals surface area contributed by atoms with Gasteiger partial charge in [-0.3, -0.25) is 8.80 Å². The number of halogens is 6. The van der Waals surface area contributed by atoms with E-state index in [1.807, 2.05) is 25.1 Å². The summed E-state index contributed by atoms with van der Waals surface area (Å²) in [5.74, 6) is 1.69. The molecule has 0 aliphatic heterocycles. The molecule has 290 valence electrons. The van der Waals surface area contributed by atoms with Crippen LogP contribution in [0.3, 0.4) is 0 Å². The number of anilines is 5. The summed E-state index contributed by atoms with van der Waals surface area (Å²) in [6.45, 7) is 0. The first-order valence-electron chi connectivity index (χ1n) is 16.7. The van der Waals surface area contributed by atoms with Crippen LogP contribution >= 0.6 is 0 Å². The Labute approximate surface area is 319 Å². The van der Waals surface area contributed by atoms with Gasteiger partial charge in [-0.05, 0) is 54.6 Å². The molecule has 8 heterocycles. The SMILES string of the molecule is CN(C)c1ccc(Nc2ccnc(-c3c(C(F)(F)F)nc4ccccn34)n2)cn1.COc1ccc(Nc2ccnc(-c3c(C(F)(F)F)nc4ccccn34)n2)cn1. The Balaban J connectivity index is 0.000000174. The molecule has 2 N–H and O–H groups in total. The Morgan fingerprint density at radius 1 is 0.579 bits per heavy atom. The van der Waals surface area contributed by atoms with E-state index >= 15 is 0 Å². The molecule has 0 aliphatic rings. The number of aromatic nitrogens is 10. The van der Waals surface area contributed by atoms with Gasteiger partial charge < -0.3 is 20.3 Å². The lowest BCUT2D eigenvalue weighted by Gasteiger charge is -2.12. The normalized spacial score (nSPS) is 11.6. The summed E-state index contributed by atoms with van der Waals surface area (Å²) in [6.07, 6.45) is -0.376. The maximum atomic E-state index is 13.6. The molecule has 20 heteroatoms. The highest BCUT2D eigenvalue weighted by molar-refractivity contribution is 5.66. The maximum Gasteiger partial charge on any atom is 0.435 e. The first-order chi connectivity index (χ1) is 27.3. The van der Waals surface area contributed by atoms with Crippen LogP contribution in [0.5, 0.6) is 5.88 Å². The van der Waals surface area contributed by atoms with Crippen molar-refractivity contribution in [2.45, 2.75) is 12.4 Å². The van der Waals surface area contributed by atoms with Crippen molar-refractivity contribution in [2.24, 2.45) is 0 Å². The quantitative estimate of drug-likeness (QED) is 0.144. The number of alkyl halides is 6. The molecule has 57 heavy (non-hydrogen) atoms. The lowest BCUT2D eigenvalue weighted by atomic mass is 10.3. The third-order valence-electron chi connectivity index (χ3n) is 8.03. The van der Waals surface area contributed by atoms with Gasteiger partial charge in [0.2, 0.25) is 5.88 Å². The van der Waals surface area contributed by atoms with Crippen molar-refractivity contribution in [2.75, 3.05) is 36.7 Å². The van der Waals surface area contributed by atoms with Crippen LogP contribution in [0.2, 0.25) is 0 Å². The molecule has 0 saturated heterocycles. The Hall–Kier alpha value is -7.38. The first kappa shape index (κ1) is 37.9. The van der Waals surface area contributed by atoms with Gasteiger partial charge in [0.05, 0.1) is 30.9 Å². The highest BCUT2D eigenvalue weighted by atomic mass is 19.4. The minimum atomic E-state index is -4.64. The van der Waals surface area contributed by atoms with Gasteiger partial charge in [0.15, 0.2) is 23.0 Å². The summed E-state index contributed by atoms with van der Waals surface area (Å²) >= 11 is 0. The molecule has 0 fully saturated rings. The van der Waals surface area contributed by atoms with Crippen LogP contribution in [-0.2, 0) is 12.4 Å². The van der Waals surface area contributed by atoms with Crippen molar-refractivity contribution in [3.8, 4) is 28.9 Å². The lowest BCUT2D eigenvalue weighted by molar-refractivity contribution is -0.141. The van der Waals surface area contributed by atoms with E-state index in [1.54, 1.807) is 60.8 Å². The molecule has 0 radical (unpaired) electrons. The summed E-state index contributed by atoms with van der Waals surface area (Å²) in [4.78, 5) is 34.2. The Kier molecular flexibility index (Phi) is 10.2. The Bertz CT molecular complexity index is 2640. The number of hydrogen-bond acceptors (Lipinski definition) is 12. The number of methoxy groups -OCH3 is 1. The van der Waals surface area contributed by atoms with Crippen molar-refractivity contribution in [1.29, 1.82) is 0 Å². The van der Waals surface area contributed by atoms with E-state index in [0.717, 1.165) is 5.82 Å². The number of pyridine rings is 4. The van der Waals surface area contributed by atoms with E-state index in [4.69, 9.17) is 4.74 Å². The van der Waals surface area contributed by atoms with Gasteiger partial charge in [-0.15, -0.1) is 0 Å². The molecule has 8 rings (SSSR count). The largest absolute Gasteiger partial charge is 0.481 e. The van der Waals surface area contributed by atoms with Crippen LogP contribution in [0.15, 0.2) is 110 Å². The highest BCUT2D eigenvalue weighted by Gasteiger charge is 2.40. The van der Waals surface area contributed by atoms with Crippen molar-refractivity contribution in [1.82, 2.24) is 48.7 Å². The first-order valence-corrected chi connectivity index (χ1v) is 16.7. The van der Waals surface area contributed by atoms with E-state index in [9.17, 15) is 26.3 Å². The number of fused-ring (bicyclic) bond motifs is 2. The number of imidazole rings is 2. The fraction of sp³-hybridized carbons (Fsp3) is 0.135. The topological polar surface area (TPSA) is 148 Å². The fourth-order valence-corrected chi connectivity index (χ4v) is 5.49. The van der Waals surface area contributed by atoms with Gasteiger partial charge in [0.1, 0.15) is 40.1 Å². The molecular formula is C37H29F6N13O. The zero-order valence-electron chi connectivity index (χ0n) is 30.0. The maximum absolute atomic E-state index is 13.6. The van der Waals surface area contributed by atoms with Crippen LogP contribution in [0, 0.1) is 0 Å². The van der Waals surface area contributed by atoms with E-state index in [1.165, 1.54) is 59.0 Å². The summed E-state index contributed by atoms with van der Waals surface area (Å²) in [5, 5.41) is 6.02. The highest BCUT2D eigenvalue weighted by Crippen LogP contribution is 2.37. The molecular weight excluding hydrogens is 756 g/mol. The minimum absolute atomic E-state index is 0.0844. The molecule has 0 aliphatic carbocycles. The second-order valence-corrected chi connectivity index (χ2v) is 12.1. The van der Waals surface area contributed by atoms with Gasteiger partial charge in [-0.2, -0.15) is 26.3 Å². The van der Waals surface area contributed by atoms with Gasteiger partial charge >= 0.3 is 12.4 Å². The molecule has 0 saturated carbocycles. The number of hydrogen-bond donors (Lipinski definition) is 2. The Morgan fingerprint density at radius 3 is 1.47 bits per heavy atom. The third-order valence-corrected chi connectivity index (χ3v) is 8.03. The number of nitrogens with one attached hydrogen (secondary N) is 2. The van der Waals surface area contributed by atoms with Crippen LogP contribution in [0.25, 0.3) is 34.3 Å². The molecule has 8 aromatic heterocycles. The molecule has 0 spiro atoms.